The molecule has 2 fully saturated rings. The number of urea groups is 1. The fourth-order valence-corrected chi connectivity index (χ4v) is 2.09. The molecule has 0 radical (unpaired) electrons. The Hall–Kier alpha value is -1.79. The van der Waals surface area contributed by atoms with Crippen molar-refractivity contribution in [3.63, 3.8) is 0 Å². The zero-order valence-electron chi connectivity index (χ0n) is 10.3. The molecule has 100 valence electrons. The summed E-state index contributed by atoms with van der Waals surface area (Å²) < 4.78 is 0. The van der Waals surface area contributed by atoms with Gasteiger partial charge in [-0.1, -0.05) is 0 Å². The topological polar surface area (TPSA) is 90.0 Å². The van der Waals surface area contributed by atoms with Crippen LogP contribution in [-0.4, -0.2) is 65.0 Å². The van der Waals surface area contributed by atoms with E-state index in [-0.39, 0.29) is 18.5 Å². The van der Waals surface area contributed by atoms with Gasteiger partial charge < -0.3 is 20.2 Å². The summed E-state index contributed by atoms with van der Waals surface area (Å²) in [7, 11) is 1.68. The van der Waals surface area contributed by atoms with E-state index < -0.39 is 18.0 Å². The molecule has 2 N–H and O–H groups in total. The Morgan fingerprint density at radius 2 is 2.11 bits per heavy atom. The van der Waals surface area contributed by atoms with Crippen molar-refractivity contribution in [3.05, 3.63) is 0 Å². The van der Waals surface area contributed by atoms with Gasteiger partial charge in [0.25, 0.3) is 0 Å². The summed E-state index contributed by atoms with van der Waals surface area (Å²) in [5.41, 5.74) is 0. The Bertz CT molecular complexity index is 380. The maximum absolute atomic E-state index is 11.9. The molecule has 1 aliphatic heterocycles. The number of amides is 3. The summed E-state index contributed by atoms with van der Waals surface area (Å²) in [6.45, 7) is 0.305. The molecule has 0 aromatic heterocycles. The van der Waals surface area contributed by atoms with Gasteiger partial charge in [-0.2, -0.15) is 0 Å². The van der Waals surface area contributed by atoms with Gasteiger partial charge >= 0.3 is 12.0 Å². The summed E-state index contributed by atoms with van der Waals surface area (Å²) >= 11 is 0. The van der Waals surface area contributed by atoms with Crippen molar-refractivity contribution in [3.8, 4) is 0 Å². The van der Waals surface area contributed by atoms with Gasteiger partial charge in [-0.15, -0.1) is 0 Å². The molecule has 3 amide bonds. The zero-order chi connectivity index (χ0) is 13.3. The van der Waals surface area contributed by atoms with E-state index >= 15 is 0 Å². The minimum absolute atomic E-state index is 0.00957. The van der Waals surface area contributed by atoms with Crippen molar-refractivity contribution in [1.29, 1.82) is 0 Å². The smallest absolute Gasteiger partial charge is 0.323 e. The predicted octanol–water partition coefficient (Wildman–Crippen LogP) is -0.524. The van der Waals surface area contributed by atoms with E-state index in [2.05, 4.69) is 5.32 Å². The Labute approximate surface area is 105 Å². The lowest BCUT2D eigenvalue weighted by Gasteiger charge is -2.22. The number of likely N-dealkylation sites (tertiary alicyclic amines) is 1. The van der Waals surface area contributed by atoms with E-state index in [9.17, 15) is 14.4 Å². The van der Waals surface area contributed by atoms with E-state index in [4.69, 9.17) is 5.11 Å². The first-order valence-electron chi connectivity index (χ1n) is 6.03. The third-order valence-corrected chi connectivity index (χ3v) is 3.28. The van der Waals surface area contributed by atoms with Crippen molar-refractivity contribution < 1.29 is 19.5 Å². The van der Waals surface area contributed by atoms with Crippen molar-refractivity contribution in [2.75, 3.05) is 20.1 Å². The molecule has 1 unspecified atom stereocenters. The summed E-state index contributed by atoms with van der Waals surface area (Å²) in [6, 6.07) is -0.957. The third kappa shape index (κ3) is 2.72. The lowest BCUT2D eigenvalue weighted by Crippen LogP contribution is -2.49. The number of hydrogen-bond acceptors (Lipinski definition) is 3. The molecule has 1 heterocycles. The van der Waals surface area contributed by atoms with Gasteiger partial charge in [-0.05, 0) is 19.3 Å². The highest BCUT2D eigenvalue weighted by atomic mass is 16.4. The molecule has 2 aliphatic rings. The largest absolute Gasteiger partial charge is 0.480 e. The highest BCUT2D eigenvalue weighted by Crippen LogP contribution is 2.26. The number of likely N-dealkylation sites (N-methyl/N-ethyl adjacent to an activating group) is 1. The van der Waals surface area contributed by atoms with Crippen LogP contribution in [0.4, 0.5) is 4.79 Å². The zero-order valence-corrected chi connectivity index (χ0v) is 10.3. The molecule has 2 rings (SSSR count). The first kappa shape index (κ1) is 12.7. The van der Waals surface area contributed by atoms with Crippen LogP contribution in [0.3, 0.4) is 0 Å². The minimum Gasteiger partial charge on any atom is -0.480 e. The second-order valence-electron chi connectivity index (χ2n) is 4.80. The summed E-state index contributed by atoms with van der Waals surface area (Å²) in [6.07, 6.45) is 2.24. The number of carbonyl (C=O) groups excluding carboxylic acids is 2. The van der Waals surface area contributed by atoms with E-state index in [1.54, 1.807) is 11.9 Å². The summed E-state index contributed by atoms with van der Waals surface area (Å²) in [5, 5.41) is 11.4. The number of nitrogens with one attached hydrogen (secondary N) is 1. The SMILES string of the molecule is CN1CCC(NC(=O)N(CC(=O)O)C2CC2)C1=O. The number of carboxylic acids is 1. The van der Waals surface area contributed by atoms with Gasteiger partial charge in [0.1, 0.15) is 12.6 Å². The van der Waals surface area contributed by atoms with E-state index in [0.717, 1.165) is 12.8 Å². The average Bonchev–Trinajstić information content (AvgIpc) is 3.09. The molecule has 7 heteroatoms. The molecule has 1 saturated heterocycles. The van der Waals surface area contributed by atoms with Crippen LogP contribution in [0, 0.1) is 0 Å². The molecule has 0 spiro atoms. The number of aliphatic carboxylic acids is 1. The molecular weight excluding hydrogens is 238 g/mol. The van der Waals surface area contributed by atoms with Crippen LogP contribution < -0.4 is 5.32 Å². The number of nitrogens with zero attached hydrogens (tertiary/aromatic N) is 2. The molecule has 7 nitrogen and oxygen atoms in total. The number of carboxylic acid groups (broad SMARTS) is 1. The standard InChI is InChI=1S/C11H17N3O4/c1-13-5-4-8(10(13)17)12-11(18)14(6-9(15)16)7-2-3-7/h7-8H,2-6H2,1H3,(H,12,18)(H,15,16). The van der Waals surface area contributed by atoms with Gasteiger partial charge in [0.05, 0.1) is 0 Å². The van der Waals surface area contributed by atoms with Gasteiger partial charge in [0, 0.05) is 19.6 Å². The third-order valence-electron chi connectivity index (χ3n) is 3.28. The molecule has 1 aliphatic carbocycles. The Morgan fingerprint density at radius 1 is 1.44 bits per heavy atom. The van der Waals surface area contributed by atoms with Crippen molar-refractivity contribution in [2.45, 2.75) is 31.3 Å². The molecule has 0 bridgehead atoms. The second-order valence-corrected chi connectivity index (χ2v) is 4.80. The Kier molecular flexibility index (Phi) is 3.40. The lowest BCUT2D eigenvalue weighted by molar-refractivity contribution is -0.137. The number of hydrogen-bond donors (Lipinski definition) is 2. The van der Waals surface area contributed by atoms with Crippen molar-refractivity contribution in [2.24, 2.45) is 0 Å². The van der Waals surface area contributed by atoms with Gasteiger partial charge in [0.2, 0.25) is 5.91 Å². The predicted molar refractivity (Wildman–Crippen MR) is 61.9 cm³/mol. The van der Waals surface area contributed by atoms with Crippen LogP contribution in [0.25, 0.3) is 0 Å². The summed E-state index contributed by atoms with van der Waals surface area (Å²) in [5.74, 6) is -1.15. The average molecular weight is 255 g/mol. The van der Waals surface area contributed by atoms with E-state index in [1.807, 2.05) is 0 Å². The Morgan fingerprint density at radius 3 is 2.56 bits per heavy atom. The normalized spacial score (nSPS) is 23.1. The van der Waals surface area contributed by atoms with E-state index in [0.29, 0.717) is 13.0 Å². The van der Waals surface area contributed by atoms with Crippen LogP contribution in [0.1, 0.15) is 19.3 Å². The Balaban J connectivity index is 1.93. The summed E-state index contributed by atoms with van der Waals surface area (Å²) in [4.78, 5) is 37.2. The second kappa shape index (κ2) is 4.83. The molecule has 0 aromatic rings. The minimum atomic E-state index is -1.04. The van der Waals surface area contributed by atoms with Crippen LogP contribution in [0.2, 0.25) is 0 Å². The molecule has 0 aromatic carbocycles. The first-order valence-corrected chi connectivity index (χ1v) is 6.03. The van der Waals surface area contributed by atoms with E-state index in [1.165, 1.54) is 4.90 Å². The molecule has 18 heavy (non-hydrogen) atoms. The quantitative estimate of drug-likeness (QED) is 0.707. The fourth-order valence-electron chi connectivity index (χ4n) is 2.09. The van der Waals surface area contributed by atoms with Crippen LogP contribution >= 0.6 is 0 Å². The highest BCUT2D eigenvalue weighted by Gasteiger charge is 2.37. The van der Waals surface area contributed by atoms with Crippen molar-refractivity contribution in [1.82, 2.24) is 15.1 Å². The van der Waals surface area contributed by atoms with Crippen LogP contribution in [-0.2, 0) is 9.59 Å². The van der Waals surface area contributed by atoms with Gasteiger partial charge in [-0.25, -0.2) is 4.79 Å². The highest BCUT2D eigenvalue weighted by molar-refractivity contribution is 5.89. The maximum atomic E-state index is 11.9. The fraction of sp³-hybridized carbons (Fsp3) is 0.727. The molecule has 1 saturated carbocycles. The molecule has 1 atom stereocenters. The maximum Gasteiger partial charge on any atom is 0.323 e. The van der Waals surface area contributed by atoms with Gasteiger partial charge in [0.15, 0.2) is 0 Å². The van der Waals surface area contributed by atoms with Crippen molar-refractivity contribution >= 4 is 17.9 Å². The van der Waals surface area contributed by atoms with Gasteiger partial charge in [-0.3, -0.25) is 9.59 Å². The molecular formula is C11H17N3O4. The van der Waals surface area contributed by atoms with Crippen LogP contribution in [0.5, 0.6) is 0 Å². The lowest BCUT2D eigenvalue weighted by atomic mass is 10.2. The first-order chi connectivity index (χ1) is 8.49. The van der Waals surface area contributed by atoms with Crippen LogP contribution in [0.15, 0.2) is 0 Å². The number of carbonyl (C=O) groups is 3. The number of rotatable bonds is 4. The monoisotopic (exact) mass is 255 g/mol.